The van der Waals surface area contributed by atoms with Crippen molar-refractivity contribution in [3.63, 3.8) is 0 Å². The lowest BCUT2D eigenvalue weighted by Crippen LogP contribution is -2.32. The quantitative estimate of drug-likeness (QED) is 0.559. The lowest BCUT2D eigenvalue weighted by molar-refractivity contribution is -0.145. The predicted molar refractivity (Wildman–Crippen MR) is 101 cm³/mol. The van der Waals surface area contributed by atoms with Crippen LogP contribution in [0.1, 0.15) is 27.2 Å². The van der Waals surface area contributed by atoms with Gasteiger partial charge in [0.05, 0.1) is 23.9 Å². The minimum atomic E-state index is -0.503. The van der Waals surface area contributed by atoms with Crippen molar-refractivity contribution in [1.82, 2.24) is 0 Å². The molecule has 1 aromatic carbocycles. The Labute approximate surface area is 158 Å². The molecule has 7 heteroatoms. The van der Waals surface area contributed by atoms with Crippen LogP contribution >= 0.6 is 11.6 Å². The summed E-state index contributed by atoms with van der Waals surface area (Å²) in [5.74, 6) is -0.777. The minimum Gasteiger partial charge on any atom is -0.465 e. The average molecular weight is 379 g/mol. The summed E-state index contributed by atoms with van der Waals surface area (Å²) < 4.78 is 10.1. The zero-order valence-corrected chi connectivity index (χ0v) is 16.0. The van der Waals surface area contributed by atoms with Crippen LogP contribution < -0.4 is 4.90 Å². The van der Waals surface area contributed by atoms with Crippen LogP contribution in [0.3, 0.4) is 0 Å². The van der Waals surface area contributed by atoms with E-state index < -0.39 is 11.9 Å². The van der Waals surface area contributed by atoms with E-state index in [1.165, 1.54) is 6.08 Å². The van der Waals surface area contributed by atoms with Crippen LogP contribution in [0.25, 0.3) is 0 Å². The van der Waals surface area contributed by atoms with E-state index in [2.05, 4.69) is 4.99 Å². The van der Waals surface area contributed by atoms with E-state index in [1.807, 2.05) is 23.1 Å². The summed E-state index contributed by atoms with van der Waals surface area (Å²) in [6.07, 6.45) is 1.87. The second kappa shape index (κ2) is 9.38. The number of carbonyl (C=O) groups excluding carboxylic acids is 2. The van der Waals surface area contributed by atoms with Crippen LogP contribution in [0.5, 0.6) is 0 Å². The number of nitrogens with zero attached hydrogens (tertiary/aromatic N) is 2. The summed E-state index contributed by atoms with van der Waals surface area (Å²) in [7, 11) is 0. The molecule has 1 unspecified atom stereocenters. The predicted octanol–water partition coefficient (Wildman–Crippen LogP) is 3.59. The molecule has 1 aliphatic heterocycles. The molecule has 1 saturated heterocycles. The summed E-state index contributed by atoms with van der Waals surface area (Å²) in [5.41, 5.74) is 1.22. The van der Waals surface area contributed by atoms with Gasteiger partial charge in [0.2, 0.25) is 0 Å². The third-order valence-corrected chi connectivity index (χ3v) is 4.17. The molecule has 0 aliphatic carbocycles. The number of benzene rings is 1. The number of aliphatic imine (C=N–C) groups is 1. The first kappa shape index (κ1) is 20.0. The van der Waals surface area contributed by atoms with Gasteiger partial charge in [-0.15, -0.1) is 0 Å². The van der Waals surface area contributed by atoms with Gasteiger partial charge in [0.25, 0.3) is 0 Å². The highest BCUT2D eigenvalue weighted by molar-refractivity contribution is 6.34. The Morgan fingerprint density at radius 2 is 1.96 bits per heavy atom. The molecule has 1 aliphatic rings. The molecule has 0 N–H and O–H groups in total. The molecule has 0 bridgehead atoms. The largest absolute Gasteiger partial charge is 0.465 e. The van der Waals surface area contributed by atoms with Crippen LogP contribution in [0.15, 0.2) is 41.0 Å². The Morgan fingerprint density at radius 3 is 2.62 bits per heavy atom. The lowest BCUT2D eigenvalue weighted by atomic mass is 10.1. The van der Waals surface area contributed by atoms with Gasteiger partial charge < -0.3 is 14.4 Å². The highest BCUT2D eigenvalue weighted by Gasteiger charge is 2.37. The molecular formula is C19H23ClN2O4. The molecule has 0 saturated carbocycles. The van der Waals surface area contributed by atoms with Crippen molar-refractivity contribution >= 4 is 35.1 Å². The first-order valence-corrected chi connectivity index (χ1v) is 8.98. The second-order valence-electron chi connectivity index (χ2n) is 5.70. The van der Waals surface area contributed by atoms with Crippen LogP contribution in [-0.4, -0.2) is 37.5 Å². The number of esters is 2. The molecule has 1 aromatic rings. The maximum Gasteiger partial charge on any atom is 0.332 e. The SMILES string of the molecule is CCOC(=O)/C=C(/C)N=C1C(C(=O)OCC)CCN1c1ccccc1Cl. The van der Waals surface area contributed by atoms with E-state index in [0.29, 0.717) is 36.1 Å². The molecule has 0 aromatic heterocycles. The van der Waals surface area contributed by atoms with E-state index in [-0.39, 0.29) is 12.6 Å². The van der Waals surface area contributed by atoms with Gasteiger partial charge in [-0.3, -0.25) is 4.79 Å². The van der Waals surface area contributed by atoms with Crippen molar-refractivity contribution in [3.8, 4) is 0 Å². The topological polar surface area (TPSA) is 68.2 Å². The number of carbonyl (C=O) groups is 2. The Kier molecular flexibility index (Phi) is 7.21. The van der Waals surface area contributed by atoms with E-state index in [1.54, 1.807) is 26.8 Å². The number of amidine groups is 1. The second-order valence-corrected chi connectivity index (χ2v) is 6.11. The summed E-state index contributed by atoms with van der Waals surface area (Å²) in [6, 6.07) is 7.37. The standard InChI is InChI=1S/C19H23ClN2O4/c1-4-25-17(23)12-13(3)21-18-14(19(24)26-5-2)10-11-22(18)16-9-7-6-8-15(16)20/h6-9,12,14H,4-5,10-11H2,1-3H3/b13-12-,21-18?. The molecule has 1 atom stereocenters. The van der Waals surface area contributed by atoms with Crippen LogP contribution in [-0.2, 0) is 19.1 Å². The number of allylic oxidation sites excluding steroid dienone is 1. The van der Waals surface area contributed by atoms with Crippen LogP contribution in [0, 0.1) is 5.92 Å². The van der Waals surface area contributed by atoms with Gasteiger partial charge in [0.15, 0.2) is 0 Å². The Balaban J connectivity index is 2.40. The van der Waals surface area contributed by atoms with Crippen molar-refractivity contribution in [3.05, 3.63) is 41.1 Å². The van der Waals surface area contributed by atoms with Gasteiger partial charge >= 0.3 is 11.9 Å². The number of ether oxygens (including phenoxy) is 2. The van der Waals surface area contributed by atoms with Crippen molar-refractivity contribution in [2.75, 3.05) is 24.7 Å². The van der Waals surface area contributed by atoms with E-state index in [0.717, 1.165) is 5.69 Å². The van der Waals surface area contributed by atoms with Gasteiger partial charge in [-0.05, 0) is 39.3 Å². The van der Waals surface area contributed by atoms with Crippen LogP contribution in [0.2, 0.25) is 5.02 Å². The highest BCUT2D eigenvalue weighted by Crippen LogP contribution is 2.32. The van der Waals surface area contributed by atoms with Gasteiger partial charge in [-0.1, -0.05) is 23.7 Å². The molecular weight excluding hydrogens is 356 g/mol. The molecule has 0 amide bonds. The fraction of sp³-hybridized carbons (Fsp3) is 0.421. The number of hydrogen-bond donors (Lipinski definition) is 0. The van der Waals surface area contributed by atoms with Gasteiger partial charge in [-0.2, -0.15) is 0 Å². The zero-order valence-electron chi connectivity index (χ0n) is 15.2. The van der Waals surface area contributed by atoms with E-state index in [4.69, 9.17) is 21.1 Å². The Bertz CT molecular complexity index is 730. The molecule has 1 heterocycles. The first-order valence-electron chi connectivity index (χ1n) is 8.60. The highest BCUT2D eigenvalue weighted by atomic mass is 35.5. The third-order valence-electron chi connectivity index (χ3n) is 3.85. The number of anilines is 1. The maximum absolute atomic E-state index is 12.3. The molecule has 6 nitrogen and oxygen atoms in total. The van der Waals surface area contributed by atoms with Gasteiger partial charge in [-0.25, -0.2) is 9.79 Å². The molecule has 0 spiro atoms. The molecule has 0 radical (unpaired) electrons. The smallest absolute Gasteiger partial charge is 0.332 e. The maximum atomic E-state index is 12.3. The van der Waals surface area contributed by atoms with E-state index >= 15 is 0 Å². The molecule has 1 fully saturated rings. The molecule has 2 rings (SSSR count). The fourth-order valence-electron chi connectivity index (χ4n) is 2.78. The minimum absolute atomic E-state index is 0.288. The summed E-state index contributed by atoms with van der Waals surface area (Å²) in [6.45, 7) is 6.36. The Hall–Kier alpha value is -2.34. The number of rotatable bonds is 6. The summed E-state index contributed by atoms with van der Waals surface area (Å²) in [5, 5.41) is 0.566. The zero-order chi connectivity index (χ0) is 19.1. The van der Waals surface area contributed by atoms with E-state index in [9.17, 15) is 9.59 Å². The van der Waals surface area contributed by atoms with Crippen molar-refractivity contribution in [2.24, 2.45) is 10.9 Å². The van der Waals surface area contributed by atoms with Crippen molar-refractivity contribution in [1.29, 1.82) is 0 Å². The van der Waals surface area contributed by atoms with Crippen molar-refractivity contribution in [2.45, 2.75) is 27.2 Å². The number of para-hydroxylation sites is 1. The van der Waals surface area contributed by atoms with Gasteiger partial charge in [0.1, 0.15) is 11.8 Å². The third kappa shape index (κ3) is 4.85. The molecule has 26 heavy (non-hydrogen) atoms. The average Bonchev–Trinajstić information content (AvgIpc) is 2.99. The molecule has 140 valence electrons. The lowest BCUT2D eigenvalue weighted by Gasteiger charge is -2.22. The fourth-order valence-corrected chi connectivity index (χ4v) is 3.01. The first-order chi connectivity index (χ1) is 12.5. The summed E-state index contributed by atoms with van der Waals surface area (Å²) >= 11 is 6.32. The normalized spacial score (nSPS) is 18.9. The number of hydrogen-bond acceptors (Lipinski definition) is 5. The van der Waals surface area contributed by atoms with Gasteiger partial charge in [0, 0.05) is 18.3 Å². The summed E-state index contributed by atoms with van der Waals surface area (Å²) in [4.78, 5) is 30.4. The Morgan fingerprint density at radius 1 is 1.27 bits per heavy atom. The number of halogens is 1. The van der Waals surface area contributed by atoms with Crippen LogP contribution in [0.4, 0.5) is 5.69 Å². The monoisotopic (exact) mass is 378 g/mol. The van der Waals surface area contributed by atoms with Crippen molar-refractivity contribution < 1.29 is 19.1 Å².